The van der Waals surface area contributed by atoms with Crippen LogP contribution in [-0.4, -0.2) is 15.0 Å². The molecule has 0 amide bonds. The largest absolute Gasteiger partial charge is 0.255 e. The highest BCUT2D eigenvalue weighted by Gasteiger charge is 2.56. The summed E-state index contributed by atoms with van der Waals surface area (Å²) in [4.78, 5) is 13.9. The van der Waals surface area contributed by atoms with Crippen LogP contribution >= 0.6 is 0 Å². The number of aromatic nitrogens is 3. The van der Waals surface area contributed by atoms with Gasteiger partial charge in [-0.2, -0.15) is 0 Å². The number of fused-ring (bicyclic) bond motifs is 1. The van der Waals surface area contributed by atoms with Crippen molar-refractivity contribution in [3.63, 3.8) is 0 Å². The molecule has 0 unspecified atom stereocenters. The van der Waals surface area contributed by atoms with E-state index in [1.54, 1.807) is 0 Å². The minimum Gasteiger partial charge on any atom is -0.255 e. The van der Waals surface area contributed by atoms with Gasteiger partial charge in [-0.25, -0.2) is 9.97 Å². The fourth-order valence-corrected chi connectivity index (χ4v) is 4.77. The van der Waals surface area contributed by atoms with E-state index in [0.29, 0.717) is 0 Å². The smallest absolute Gasteiger partial charge is 0.161 e. The van der Waals surface area contributed by atoms with Crippen molar-refractivity contribution in [2.75, 3.05) is 0 Å². The molecule has 0 aliphatic heterocycles. The molecule has 0 saturated heterocycles. The van der Waals surface area contributed by atoms with Gasteiger partial charge in [0.25, 0.3) is 0 Å². The molecule has 4 rings (SSSR count). The van der Waals surface area contributed by atoms with E-state index in [-0.39, 0.29) is 16.2 Å². The molecule has 1 aliphatic carbocycles. The standard InChI is InChI=1S/C26H31N3/c1-16-13-17(2)29-23(28-16)19-10-12-22(27-15-19)18-9-11-20-21(14-18)25(5,6)26(7,8)24(20,3)4/h9-15H,1-8H3. The van der Waals surface area contributed by atoms with Gasteiger partial charge in [0.2, 0.25) is 0 Å². The maximum absolute atomic E-state index is 4.75. The van der Waals surface area contributed by atoms with Crippen molar-refractivity contribution in [3.8, 4) is 22.6 Å². The molecular formula is C26H31N3. The Labute approximate surface area is 174 Å². The normalized spacial score (nSPS) is 18.5. The van der Waals surface area contributed by atoms with Crippen LogP contribution in [0.1, 0.15) is 64.1 Å². The first-order chi connectivity index (χ1) is 13.4. The fraction of sp³-hybridized carbons (Fsp3) is 0.423. The third kappa shape index (κ3) is 2.82. The van der Waals surface area contributed by atoms with Crippen molar-refractivity contribution in [2.24, 2.45) is 5.41 Å². The molecule has 3 nitrogen and oxygen atoms in total. The van der Waals surface area contributed by atoms with Gasteiger partial charge in [0.1, 0.15) is 0 Å². The molecule has 0 fully saturated rings. The highest BCUT2D eigenvalue weighted by atomic mass is 14.9. The van der Waals surface area contributed by atoms with Crippen LogP contribution in [-0.2, 0) is 10.8 Å². The van der Waals surface area contributed by atoms with Crippen LogP contribution in [0.5, 0.6) is 0 Å². The maximum Gasteiger partial charge on any atom is 0.161 e. The summed E-state index contributed by atoms with van der Waals surface area (Å²) >= 11 is 0. The van der Waals surface area contributed by atoms with Crippen LogP contribution in [0.2, 0.25) is 0 Å². The average molecular weight is 386 g/mol. The summed E-state index contributed by atoms with van der Waals surface area (Å²) in [6.07, 6.45) is 1.88. The highest BCUT2D eigenvalue weighted by molar-refractivity contribution is 5.66. The molecule has 2 heterocycles. The maximum atomic E-state index is 4.75. The molecule has 1 aliphatic rings. The van der Waals surface area contributed by atoms with Crippen molar-refractivity contribution < 1.29 is 0 Å². The molecule has 150 valence electrons. The number of aryl methyl sites for hydroxylation is 2. The lowest BCUT2D eigenvalue weighted by molar-refractivity contribution is 0.125. The van der Waals surface area contributed by atoms with Gasteiger partial charge in [-0.05, 0) is 65.5 Å². The lowest BCUT2D eigenvalue weighted by atomic mass is 9.59. The molecule has 0 radical (unpaired) electrons. The van der Waals surface area contributed by atoms with E-state index < -0.39 is 0 Å². The summed E-state index contributed by atoms with van der Waals surface area (Å²) in [5.41, 5.74) is 8.33. The number of rotatable bonds is 2. The Morgan fingerprint density at radius 1 is 0.655 bits per heavy atom. The summed E-state index contributed by atoms with van der Waals surface area (Å²) in [7, 11) is 0. The molecule has 0 atom stereocenters. The van der Waals surface area contributed by atoms with Crippen LogP contribution in [0.4, 0.5) is 0 Å². The molecular weight excluding hydrogens is 354 g/mol. The van der Waals surface area contributed by atoms with Crippen molar-refractivity contribution in [3.05, 3.63) is 65.1 Å². The topological polar surface area (TPSA) is 38.7 Å². The second-order valence-electron chi connectivity index (χ2n) is 10.0. The van der Waals surface area contributed by atoms with E-state index in [4.69, 9.17) is 4.98 Å². The molecule has 0 N–H and O–H groups in total. The van der Waals surface area contributed by atoms with Gasteiger partial charge < -0.3 is 0 Å². The van der Waals surface area contributed by atoms with Gasteiger partial charge in [0.05, 0.1) is 5.69 Å². The van der Waals surface area contributed by atoms with E-state index in [0.717, 1.165) is 28.5 Å². The van der Waals surface area contributed by atoms with Crippen molar-refractivity contribution in [2.45, 2.75) is 66.2 Å². The Bertz CT molecular complexity index is 1070. The predicted molar refractivity (Wildman–Crippen MR) is 120 cm³/mol. The van der Waals surface area contributed by atoms with Gasteiger partial charge in [-0.1, -0.05) is 53.7 Å². The average Bonchev–Trinajstić information content (AvgIpc) is 2.76. The summed E-state index contributed by atoms with van der Waals surface area (Å²) in [6.45, 7) is 18.3. The zero-order valence-corrected chi connectivity index (χ0v) is 18.9. The fourth-order valence-electron chi connectivity index (χ4n) is 4.77. The SMILES string of the molecule is Cc1cc(C)nc(-c2ccc(-c3ccc4c(c3)C(C)(C)C(C)(C)C4(C)C)nc2)n1. The molecule has 1 aromatic carbocycles. The van der Waals surface area contributed by atoms with Crippen molar-refractivity contribution >= 4 is 0 Å². The van der Waals surface area contributed by atoms with E-state index in [2.05, 4.69) is 81.8 Å². The molecule has 29 heavy (non-hydrogen) atoms. The first kappa shape index (κ1) is 19.8. The summed E-state index contributed by atoms with van der Waals surface area (Å²) < 4.78 is 0. The summed E-state index contributed by atoms with van der Waals surface area (Å²) in [5.74, 6) is 0.736. The molecule has 0 bridgehead atoms. The summed E-state index contributed by atoms with van der Waals surface area (Å²) in [6, 6.07) is 13.0. The Kier molecular flexibility index (Phi) is 4.24. The molecule has 0 saturated carbocycles. The number of hydrogen-bond acceptors (Lipinski definition) is 3. The first-order valence-corrected chi connectivity index (χ1v) is 10.4. The van der Waals surface area contributed by atoms with E-state index in [9.17, 15) is 0 Å². The molecule has 2 aromatic heterocycles. The second-order valence-corrected chi connectivity index (χ2v) is 10.0. The van der Waals surface area contributed by atoms with Gasteiger partial charge >= 0.3 is 0 Å². The second kappa shape index (κ2) is 6.22. The first-order valence-electron chi connectivity index (χ1n) is 10.4. The van der Waals surface area contributed by atoms with Crippen LogP contribution in [0.3, 0.4) is 0 Å². The number of benzene rings is 1. The van der Waals surface area contributed by atoms with Crippen LogP contribution in [0.25, 0.3) is 22.6 Å². The Balaban J connectivity index is 1.75. The third-order valence-electron chi connectivity index (χ3n) is 7.79. The lowest BCUT2D eigenvalue weighted by Crippen LogP contribution is -2.42. The van der Waals surface area contributed by atoms with Crippen LogP contribution in [0, 0.1) is 19.3 Å². The Morgan fingerprint density at radius 2 is 1.24 bits per heavy atom. The number of nitrogens with zero attached hydrogens (tertiary/aromatic N) is 3. The predicted octanol–water partition coefficient (Wildman–Crippen LogP) is 6.42. The Hall–Kier alpha value is -2.55. The molecule has 3 heteroatoms. The monoisotopic (exact) mass is 385 g/mol. The summed E-state index contributed by atoms with van der Waals surface area (Å²) in [5, 5.41) is 0. The minimum atomic E-state index is 0.0920. The van der Waals surface area contributed by atoms with Crippen molar-refractivity contribution in [1.82, 2.24) is 15.0 Å². The van der Waals surface area contributed by atoms with Crippen LogP contribution in [0.15, 0.2) is 42.6 Å². The van der Waals surface area contributed by atoms with E-state index >= 15 is 0 Å². The third-order valence-corrected chi connectivity index (χ3v) is 7.79. The van der Waals surface area contributed by atoms with Gasteiger partial charge in [-0.15, -0.1) is 0 Å². The van der Waals surface area contributed by atoms with Gasteiger partial charge in [-0.3, -0.25) is 4.98 Å². The molecule has 3 aromatic rings. The highest BCUT2D eigenvalue weighted by Crippen LogP contribution is 2.61. The van der Waals surface area contributed by atoms with Crippen molar-refractivity contribution in [1.29, 1.82) is 0 Å². The minimum absolute atomic E-state index is 0.0920. The van der Waals surface area contributed by atoms with Crippen LogP contribution < -0.4 is 0 Å². The lowest BCUT2D eigenvalue weighted by Gasteiger charge is -2.44. The zero-order chi connectivity index (χ0) is 21.2. The number of pyridine rings is 1. The van der Waals surface area contributed by atoms with E-state index in [1.165, 1.54) is 16.7 Å². The van der Waals surface area contributed by atoms with Gasteiger partial charge in [0.15, 0.2) is 5.82 Å². The zero-order valence-electron chi connectivity index (χ0n) is 18.9. The number of hydrogen-bond donors (Lipinski definition) is 0. The molecule has 0 spiro atoms. The quantitative estimate of drug-likeness (QED) is 0.511. The van der Waals surface area contributed by atoms with Gasteiger partial charge in [0, 0.05) is 28.7 Å². The Morgan fingerprint density at radius 3 is 1.83 bits per heavy atom. The van der Waals surface area contributed by atoms with E-state index in [1.807, 2.05) is 26.1 Å².